The molecule has 0 bridgehead atoms. The highest BCUT2D eigenvalue weighted by Crippen LogP contribution is 2.31. The first-order valence-electron chi connectivity index (χ1n) is 14.8. The van der Waals surface area contributed by atoms with Gasteiger partial charge in [-0.25, -0.2) is 14.8 Å². The number of nitrogens with one attached hydrogen (secondary N) is 1. The van der Waals surface area contributed by atoms with Crippen LogP contribution in [0.3, 0.4) is 0 Å². The Kier molecular flexibility index (Phi) is 9.80. The molecule has 1 amide bonds. The molecule has 2 aromatic heterocycles. The third-order valence-electron chi connectivity index (χ3n) is 7.69. The van der Waals surface area contributed by atoms with E-state index >= 15 is 0 Å². The fraction of sp³-hybridized carbons (Fsp3) is 0.424. The Morgan fingerprint density at radius 2 is 1.48 bits per heavy atom. The van der Waals surface area contributed by atoms with Crippen LogP contribution in [0.15, 0.2) is 84.1 Å². The van der Waals surface area contributed by atoms with Gasteiger partial charge in [0.1, 0.15) is 15.9 Å². The van der Waals surface area contributed by atoms with Crippen LogP contribution in [0, 0.1) is 0 Å². The minimum Gasteiger partial charge on any atom is -0.444 e. The van der Waals surface area contributed by atoms with Gasteiger partial charge >= 0.3 is 6.09 Å². The second-order valence-corrected chi connectivity index (χ2v) is 12.7. The van der Waals surface area contributed by atoms with Crippen LogP contribution >= 0.6 is 15.9 Å². The first-order chi connectivity index (χ1) is 20.3. The molecule has 8 nitrogen and oxygen atoms in total. The largest absolute Gasteiger partial charge is 0.444 e. The molecule has 2 aliphatic rings. The van der Waals surface area contributed by atoms with E-state index in [-0.39, 0.29) is 6.09 Å². The number of ether oxygens (including phenoxy) is 1. The molecule has 222 valence electrons. The van der Waals surface area contributed by atoms with Crippen LogP contribution in [0.5, 0.6) is 0 Å². The molecular formula is C33H41BrN6O2. The standard InChI is InChI=1S/C19H25N3O2.C14H16BrN3/c1-19(2,3)24-18(23)21-11-9-16(10-12-21)22-13-17(20-14-22)15-7-5-4-6-8-15;15-14-13(11-4-2-1-3-5-11)17-10-18(14)12-6-8-16-9-7-12/h4-8,13-14,16H,9-12H2,1-3H3;1-5,10,12,16H,6-9H2. The lowest BCUT2D eigenvalue weighted by atomic mass is 10.1. The van der Waals surface area contributed by atoms with Crippen LogP contribution < -0.4 is 5.32 Å². The highest BCUT2D eigenvalue weighted by atomic mass is 79.9. The normalized spacial score (nSPS) is 16.5. The van der Waals surface area contributed by atoms with Gasteiger partial charge in [0.15, 0.2) is 0 Å². The van der Waals surface area contributed by atoms with E-state index in [0.29, 0.717) is 12.1 Å². The van der Waals surface area contributed by atoms with Gasteiger partial charge in [0.05, 0.1) is 18.3 Å². The van der Waals surface area contributed by atoms with Gasteiger partial charge in [-0.2, -0.15) is 0 Å². The molecule has 2 fully saturated rings. The molecule has 2 saturated heterocycles. The van der Waals surface area contributed by atoms with E-state index in [1.165, 1.54) is 12.8 Å². The summed E-state index contributed by atoms with van der Waals surface area (Å²) in [6.07, 6.45) is 9.93. The summed E-state index contributed by atoms with van der Waals surface area (Å²) >= 11 is 3.70. The molecule has 0 atom stereocenters. The molecule has 9 heteroatoms. The molecule has 4 heterocycles. The number of halogens is 1. The predicted molar refractivity (Wildman–Crippen MR) is 170 cm³/mol. The minimum atomic E-state index is -0.442. The number of hydrogen-bond donors (Lipinski definition) is 1. The van der Waals surface area contributed by atoms with Gasteiger partial charge in [-0.1, -0.05) is 60.7 Å². The molecule has 0 saturated carbocycles. The predicted octanol–water partition coefficient (Wildman–Crippen LogP) is 7.36. The maximum absolute atomic E-state index is 12.1. The monoisotopic (exact) mass is 632 g/mol. The molecule has 0 spiro atoms. The van der Waals surface area contributed by atoms with Gasteiger partial charge < -0.3 is 24.1 Å². The van der Waals surface area contributed by atoms with Gasteiger partial charge in [-0.15, -0.1) is 0 Å². The summed E-state index contributed by atoms with van der Waals surface area (Å²) in [4.78, 5) is 23.0. The molecule has 2 aliphatic heterocycles. The maximum Gasteiger partial charge on any atom is 0.410 e. The Labute approximate surface area is 257 Å². The van der Waals surface area contributed by atoms with Crippen molar-refractivity contribution >= 4 is 22.0 Å². The number of carbonyl (C=O) groups excluding carboxylic acids is 1. The Bertz CT molecular complexity index is 1420. The van der Waals surface area contributed by atoms with Crippen molar-refractivity contribution in [2.24, 2.45) is 0 Å². The van der Waals surface area contributed by atoms with E-state index in [1.807, 2.05) is 69.8 Å². The quantitative estimate of drug-likeness (QED) is 0.254. The number of imidazole rings is 2. The maximum atomic E-state index is 12.1. The lowest BCUT2D eigenvalue weighted by Crippen LogP contribution is -2.42. The Morgan fingerprint density at radius 1 is 0.857 bits per heavy atom. The summed E-state index contributed by atoms with van der Waals surface area (Å²) < 4.78 is 11.0. The summed E-state index contributed by atoms with van der Waals surface area (Å²) in [6.45, 7) is 9.32. The van der Waals surface area contributed by atoms with Crippen LogP contribution in [-0.2, 0) is 4.74 Å². The van der Waals surface area contributed by atoms with Crippen molar-refractivity contribution in [3.05, 3.63) is 84.1 Å². The van der Waals surface area contributed by atoms with Crippen molar-refractivity contribution in [3.8, 4) is 22.5 Å². The van der Waals surface area contributed by atoms with Crippen molar-refractivity contribution in [1.29, 1.82) is 0 Å². The van der Waals surface area contributed by atoms with Crippen molar-refractivity contribution in [2.75, 3.05) is 26.2 Å². The third kappa shape index (κ3) is 7.69. The number of nitrogens with zero attached hydrogens (tertiary/aromatic N) is 5. The van der Waals surface area contributed by atoms with E-state index in [0.717, 1.165) is 66.1 Å². The van der Waals surface area contributed by atoms with Gasteiger partial charge in [0, 0.05) is 42.5 Å². The lowest BCUT2D eigenvalue weighted by Gasteiger charge is -2.33. The molecule has 0 radical (unpaired) electrons. The van der Waals surface area contributed by atoms with E-state index in [4.69, 9.17) is 4.74 Å². The zero-order valence-corrected chi connectivity index (χ0v) is 26.3. The van der Waals surface area contributed by atoms with Crippen molar-refractivity contribution in [2.45, 2.75) is 64.1 Å². The third-order valence-corrected chi connectivity index (χ3v) is 8.48. The van der Waals surface area contributed by atoms with Gasteiger partial charge in [0.25, 0.3) is 0 Å². The average molecular weight is 634 g/mol. The Balaban J connectivity index is 0.000000175. The second-order valence-electron chi connectivity index (χ2n) is 11.9. The fourth-order valence-corrected chi connectivity index (χ4v) is 6.16. The molecular weight excluding hydrogens is 592 g/mol. The van der Waals surface area contributed by atoms with Crippen LogP contribution in [0.4, 0.5) is 4.79 Å². The molecule has 6 rings (SSSR count). The smallest absolute Gasteiger partial charge is 0.410 e. The van der Waals surface area contributed by atoms with Gasteiger partial charge in [0.2, 0.25) is 0 Å². The minimum absolute atomic E-state index is 0.212. The van der Waals surface area contributed by atoms with E-state index < -0.39 is 5.60 Å². The summed E-state index contributed by atoms with van der Waals surface area (Å²) in [5.74, 6) is 0. The molecule has 42 heavy (non-hydrogen) atoms. The summed E-state index contributed by atoms with van der Waals surface area (Å²) in [5, 5.41) is 3.39. The van der Waals surface area contributed by atoms with E-state index in [9.17, 15) is 4.79 Å². The number of piperidine rings is 2. The lowest BCUT2D eigenvalue weighted by molar-refractivity contribution is 0.0188. The molecule has 4 aromatic rings. The van der Waals surface area contributed by atoms with Crippen LogP contribution in [0.2, 0.25) is 0 Å². The zero-order chi connectivity index (χ0) is 29.5. The van der Waals surface area contributed by atoms with Crippen LogP contribution in [0.25, 0.3) is 22.5 Å². The van der Waals surface area contributed by atoms with E-state index in [1.54, 1.807) is 4.90 Å². The first kappa shape index (κ1) is 30.0. The highest BCUT2D eigenvalue weighted by molar-refractivity contribution is 9.10. The molecule has 0 unspecified atom stereocenters. The average Bonchev–Trinajstić information content (AvgIpc) is 3.66. The molecule has 1 N–H and O–H groups in total. The number of hydrogen-bond acceptors (Lipinski definition) is 5. The number of amides is 1. The number of carbonyl (C=O) groups is 1. The van der Waals surface area contributed by atoms with Gasteiger partial charge in [-0.05, 0) is 75.5 Å². The first-order valence-corrected chi connectivity index (χ1v) is 15.6. The van der Waals surface area contributed by atoms with Gasteiger partial charge in [-0.3, -0.25) is 0 Å². The Morgan fingerprint density at radius 3 is 2.10 bits per heavy atom. The SMILES string of the molecule is Brc1c(-c2ccccc2)ncn1C1CCNCC1.CC(C)(C)OC(=O)N1CCC(n2cnc(-c3ccccc3)c2)CC1. The Hall–Kier alpha value is -3.43. The number of rotatable bonds is 4. The number of benzene rings is 2. The summed E-state index contributed by atoms with van der Waals surface area (Å²) in [5.41, 5.74) is 3.88. The van der Waals surface area contributed by atoms with Crippen LogP contribution in [0.1, 0.15) is 58.5 Å². The number of aromatic nitrogens is 4. The van der Waals surface area contributed by atoms with Crippen molar-refractivity contribution in [1.82, 2.24) is 29.3 Å². The summed E-state index contributed by atoms with van der Waals surface area (Å²) in [7, 11) is 0. The fourth-order valence-electron chi connectivity index (χ4n) is 5.44. The van der Waals surface area contributed by atoms with E-state index in [2.05, 4.69) is 70.8 Å². The molecule has 0 aliphatic carbocycles. The van der Waals surface area contributed by atoms with Crippen LogP contribution in [-0.4, -0.2) is 61.9 Å². The summed E-state index contributed by atoms with van der Waals surface area (Å²) in [6, 6.07) is 21.4. The highest BCUT2D eigenvalue weighted by Gasteiger charge is 2.27. The molecule has 2 aromatic carbocycles. The van der Waals surface area contributed by atoms with Crippen molar-refractivity contribution < 1.29 is 9.53 Å². The van der Waals surface area contributed by atoms with Crippen molar-refractivity contribution in [3.63, 3.8) is 0 Å². The second kappa shape index (κ2) is 13.7. The zero-order valence-electron chi connectivity index (χ0n) is 24.7. The topological polar surface area (TPSA) is 77.2 Å². The number of likely N-dealkylation sites (tertiary alicyclic amines) is 1.